The molecule has 62 valence electrons. The molecule has 0 aromatic carbocycles. The van der Waals surface area contributed by atoms with E-state index in [1.165, 1.54) is 0 Å². The molecule has 0 spiro atoms. The Morgan fingerprint density at radius 3 is 0.833 bits per heavy atom. The largest absolute Gasteiger partial charge is 0.665 e. The van der Waals surface area contributed by atoms with Crippen molar-refractivity contribution in [2.24, 2.45) is 0 Å². The molecule has 0 rings (SSSR count). The third-order valence-electron chi connectivity index (χ3n) is 0.274. The third-order valence-corrected chi connectivity index (χ3v) is 2.46. The van der Waals surface area contributed by atoms with Gasteiger partial charge in [-0.15, -0.1) is 0 Å². The van der Waals surface area contributed by atoms with Gasteiger partial charge in [-0.2, -0.15) is 0 Å². The molecular formula is H6Ca2MgO7Si2. The van der Waals surface area contributed by atoms with Crippen molar-refractivity contribution in [1.29, 1.82) is 0 Å². The molecule has 0 heterocycles. The number of hydrogen-bond donors (Lipinski definition) is 6. The summed E-state index contributed by atoms with van der Waals surface area (Å²) in [7, 11) is -9.96. The van der Waals surface area contributed by atoms with Gasteiger partial charge in [-0.25, -0.2) is 0 Å². The van der Waals surface area contributed by atoms with E-state index in [1.54, 1.807) is 0 Å². The molecule has 6 N–H and O–H groups in total. The minimum Gasteiger partial charge on any atom is -0.368 e. The normalized spacial score (nSPS) is 10.5. The van der Waals surface area contributed by atoms with Crippen LogP contribution in [0.1, 0.15) is 0 Å². The van der Waals surface area contributed by atoms with Gasteiger partial charge in [0, 0.05) is 98.5 Å². The maximum atomic E-state index is 7.94. The van der Waals surface area contributed by atoms with Crippen molar-refractivity contribution < 1.29 is 32.9 Å². The van der Waals surface area contributed by atoms with Crippen molar-refractivity contribution in [3.8, 4) is 0 Å². The molecule has 0 aromatic heterocycles. The van der Waals surface area contributed by atoms with Crippen LogP contribution in [0.15, 0.2) is 0 Å². The molecule has 0 bridgehead atoms. The second-order valence-corrected chi connectivity index (χ2v) is 4.36. The van der Waals surface area contributed by atoms with Crippen LogP contribution in [0.5, 0.6) is 0 Å². The van der Waals surface area contributed by atoms with Crippen molar-refractivity contribution in [1.82, 2.24) is 0 Å². The van der Waals surface area contributed by atoms with E-state index >= 15 is 0 Å². The Balaban J connectivity index is -0.000000107. The van der Waals surface area contributed by atoms with Gasteiger partial charge >= 0.3 is 18.1 Å². The minimum absolute atomic E-state index is 0. The average molecular weight is 279 g/mol. The first kappa shape index (κ1) is 24.6. The Bertz CT molecular complexity index is 84.6. The standard InChI is InChI=1S/2Ca.Mg.H6O7Si2/c;;;1-8(2,3)7-9(4,5)6/h;;;1-6H. The predicted molar refractivity (Wildman–Crippen MR) is 43.2 cm³/mol. The molecule has 0 fully saturated rings. The topological polar surface area (TPSA) is 131 Å². The van der Waals surface area contributed by atoms with Gasteiger partial charge in [0.2, 0.25) is 0 Å². The zero-order valence-corrected chi connectivity index (χ0v) is 14.0. The van der Waals surface area contributed by atoms with E-state index in [0.717, 1.165) is 0 Å². The Labute approximate surface area is 147 Å². The number of hydrogen-bond acceptors (Lipinski definition) is 7. The summed E-state index contributed by atoms with van der Waals surface area (Å²) in [5, 5.41) is 0. The van der Waals surface area contributed by atoms with Crippen LogP contribution in [0.2, 0.25) is 0 Å². The van der Waals surface area contributed by atoms with E-state index in [2.05, 4.69) is 4.12 Å². The molecule has 0 saturated carbocycles. The zero-order valence-electron chi connectivity index (χ0n) is 6.21. The van der Waals surface area contributed by atoms with E-state index in [0.29, 0.717) is 0 Å². The fourth-order valence-corrected chi connectivity index (χ4v) is 1.65. The van der Waals surface area contributed by atoms with Crippen LogP contribution >= 0.6 is 0 Å². The smallest absolute Gasteiger partial charge is 0.368 e. The molecule has 0 aromatic rings. The summed E-state index contributed by atoms with van der Waals surface area (Å²) < 4.78 is 3.24. The van der Waals surface area contributed by atoms with Gasteiger partial charge in [0.1, 0.15) is 0 Å². The first-order valence-corrected chi connectivity index (χ1v) is 5.25. The van der Waals surface area contributed by atoms with Gasteiger partial charge in [-0.3, -0.25) is 0 Å². The molecule has 0 aliphatic carbocycles. The van der Waals surface area contributed by atoms with Crippen LogP contribution in [0.3, 0.4) is 0 Å². The minimum atomic E-state index is -4.98. The van der Waals surface area contributed by atoms with Crippen LogP contribution in [-0.4, -0.2) is 145 Å². The molecule has 0 atom stereocenters. The molecule has 7 nitrogen and oxygen atoms in total. The number of rotatable bonds is 2. The van der Waals surface area contributed by atoms with E-state index < -0.39 is 18.1 Å². The van der Waals surface area contributed by atoms with Crippen molar-refractivity contribution in [2.45, 2.75) is 0 Å². The van der Waals surface area contributed by atoms with Crippen molar-refractivity contribution in [3.05, 3.63) is 0 Å². The van der Waals surface area contributed by atoms with E-state index in [1.807, 2.05) is 0 Å². The van der Waals surface area contributed by atoms with Gasteiger partial charge in [-0.05, 0) is 0 Å². The quantitative estimate of drug-likeness (QED) is 0.278. The molecule has 6 radical (unpaired) electrons. The van der Waals surface area contributed by atoms with Crippen molar-refractivity contribution in [2.75, 3.05) is 0 Å². The van der Waals surface area contributed by atoms with Crippen molar-refractivity contribution >= 4 is 117 Å². The van der Waals surface area contributed by atoms with E-state index in [9.17, 15) is 0 Å². The second kappa shape index (κ2) is 9.65. The third kappa shape index (κ3) is 23.3. The van der Waals surface area contributed by atoms with Crippen LogP contribution in [0.25, 0.3) is 0 Å². The summed E-state index contributed by atoms with van der Waals surface area (Å²) in [5.74, 6) is 0. The molecule has 0 amide bonds. The van der Waals surface area contributed by atoms with Gasteiger partial charge in [-0.1, -0.05) is 0 Å². The summed E-state index contributed by atoms with van der Waals surface area (Å²) in [4.78, 5) is 47.6. The summed E-state index contributed by atoms with van der Waals surface area (Å²) in [6, 6.07) is 0. The molecule has 0 aliphatic rings. The van der Waals surface area contributed by atoms with Crippen LogP contribution in [0.4, 0.5) is 0 Å². The van der Waals surface area contributed by atoms with Crippen LogP contribution in [-0.2, 0) is 4.12 Å². The molecule has 0 saturated heterocycles. The Morgan fingerprint density at radius 2 is 0.833 bits per heavy atom. The summed E-state index contributed by atoms with van der Waals surface area (Å²) >= 11 is 0. The monoisotopic (exact) mass is 278 g/mol. The van der Waals surface area contributed by atoms with Gasteiger partial charge in [0.05, 0.1) is 0 Å². The SMILES string of the molecule is O[Si](O)(O)O[Si](O)(O)O.[Ca].[Ca].[Mg]. The fourth-order valence-electron chi connectivity index (χ4n) is 0.184. The summed E-state index contributed by atoms with van der Waals surface area (Å²) in [6.45, 7) is 0. The maximum Gasteiger partial charge on any atom is 0.665 e. The fraction of sp³-hybridized carbons (Fsp3) is 0. The van der Waals surface area contributed by atoms with E-state index in [4.69, 9.17) is 28.8 Å². The molecule has 12 heavy (non-hydrogen) atoms. The van der Waals surface area contributed by atoms with E-state index in [-0.39, 0.29) is 98.5 Å². The molecule has 0 aliphatic heterocycles. The maximum absolute atomic E-state index is 7.94. The summed E-state index contributed by atoms with van der Waals surface area (Å²) in [6.07, 6.45) is 0. The first-order chi connectivity index (χ1) is 3.71. The van der Waals surface area contributed by atoms with Crippen LogP contribution in [0, 0.1) is 0 Å². The average Bonchev–Trinajstić information content (AvgIpc) is 1.14. The van der Waals surface area contributed by atoms with Crippen LogP contribution < -0.4 is 0 Å². The molecular weight excluding hydrogens is 273 g/mol. The first-order valence-electron chi connectivity index (χ1n) is 1.75. The van der Waals surface area contributed by atoms with Crippen molar-refractivity contribution in [3.63, 3.8) is 0 Å². The molecule has 12 heteroatoms. The second-order valence-electron chi connectivity index (χ2n) is 1.25. The van der Waals surface area contributed by atoms with Gasteiger partial charge < -0.3 is 32.9 Å². The Morgan fingerprint density at radius 1 is 0.667 bits per heavy atom. The van der Waals surface area contributed by atoms with Gasteiger partial charge in [0.25, 0.3) is 0 Å². The summed E-state index contributed by atoms with van der Waals surface area (Å²) in [5.41, 5.74) is 0. The van der Waals surface area contributed by atoms with Gasteiger partial charge in [0.15, 0.2) is 0 Å². The Hall–Kier alpha value is 3.44. The predicted octanol–water partition coefficient (Wildman–Crippen LogP) is -5.31. The molecule has 0 unspecified atom stereocenters. The Kier molecular flexibility index (Phi) is 19.8. The zero-order chi connectivity index (χ0) is 7.71.